The molecule has 0 saturated heterocycles. The molecule has 134 valence electrons. The average Bonchev–Trinajstić information content (AvgIpc) is 2.65. The highest BCUT2D eigenvalue weighted by Gasteiger charge is 2.08. The Balaban J connectivity index is 1.98. The molecule has 0 aliphatic rings. The number of nitrogens with two attached hydrogens (primary N) is 1. The predicted molar refractivity (Wildman–Crippen MR) is 103 cm³/mol. The molecule has 0 heterocycles. The van der Waals surface area contributed by atoms with E-state index in [2.05, 4.69) is 31.2 Å². The van der Waals surface area contributed by atoms with Crippen LogP contribution in [0.15, 0.2) is 52.9 Å². The zero-order valence-electron chi connectivity index (χ0n) is 14.7. The van der Waals surface area contributed by atoms with Crippen molar-refractivity contribution in [3.63, 3.8) is 0 Å². The van der Waals surface area contributed by atoms with Gasteiger partial charge in [0.15, 0.2) is 11.5 Å². The van der Waals surface area contributed by atoms with Crippen LogP contribution in [0.4, 0.5) is 0 Å². The van der Waals surface area contributed by atoms with Gasteiger partial charge < -0.3 is 15.2 Å². The van der Waals surface area contributed by atoms with Gasteiger partial charge in [0.2, 0.25) is 0 Å². The Morgan fingerprint density at radius 2 is 1.96 bits per heavy atom. The number of amides is 1. The van der Waals surface area contributed by atoms with Crippen molar-refractivity contribution >= 4 is 23.7 Å². The summed E-state index contributed by atoms with van der Waals surface area (Å²) in [5.74, 6) is 1.17. The topological polar surface area (TPSA) is 85.3 Å². The summed E-state index contributed by atoms with van der Waals surface area (Å²) in [6, 6.07) is 15.3. The number of aryl methyl sites for hydroxylation is 1. The fourth-order valence-electron chi connectivity index (χ4n) is 2.16. The van der Waals surface area contributed by atoms with Gasteiger partial charge in [0.25, 0.3) is 5.91 Å². The maximum absolute atomic E-state index is 11.1. The van der Waals surface area contributed by atoms with Gasteiger partial charge in [-0.1, -0.05) is 23.8 Å². The SMILES string of the molecule is COc1cc(/C=C(/C#N)C(N)=O)ccc1OCCSc1ccc(C)cc1. The lowest BCUT2D eigenvalue weighted by molar-refractivity contribution is -0.114. The molecule has 0 fully saturated rings. The standard InChI is InChI=1S/C20H20N2O3S/c1-14-3-6-17(7-4-14)26-10-9-25-18-8-5-15(12-19(18)24-2)11-16(13-21)20(22)23/h3-8,11-12H,9-10H2,1-2H3,(H2,22,23)/b16-11-. The van der Waals surface area contributed by atoms with Gasteiger partial charge in [-0.15, -0.1) is 11.8 Å². The number of thioether (sulfide) groups is 1. The van der Waals surface area contributed by atoms with Crippen molar-refractivity contribution in [3.05, 3.63) is 59.2 Å². The third-order valence-electron chi connectivity index (χ3n) is 3.52. The van der Waals surface area contributed by atoms with E-state index >= 15 is 0 Å². The molecule has 0 aliphatic carbocycles. The monoisotopic (exact) mass is 368 g/mol. The highest BCUT2D eigenvalue weighted by molar-refractivity contribution is 7.99. The molecule has 0 saturated carbocycles. The van der Waals surface area contributed by atoms with Crippen LogP contribution in [0.2, 0.25) is 0 Å². The summed E-state index contributed by atoms with van der Waals surface area (Å²) in [6.45, 7) is 2.58. The Kier molecular flexibility index (Phi) is 7.12. The van der Waals surface area contributed by atoms with E-state index < -0.39 is 5.91 Å². The van der Waals surface area contributed by atoms with E-state index in [9.17, 15) is 4.79 Å². The summed E-state index contributed by atoms with van der Waals surface area (Å²) in [4.78, 5) is 12.3. The number of ether oxygens (including phenoxy) is 2. The highest BCUT2D eigenvalue weighted by atomic mass is 32.2. The van der Waals surface area contributed by atoms with Crippen LogP contribution in [0.5, 0.6) is 11.5 Å². The summed E-state index contributed by atoms with van der Waals surface area (Å²) in [6.07, 6.45) is 1.42. The number of hydrogen-bond acceptors (Lipinski definition) is 5. The largest absolute Gasteiger partial charge is 0.493 e. The van der Waals surface area contributed by atoms with Crippen molar-refractivity contribution in [1.29, 1.82) is 5.26 Å². The van der Waals surface area contributed by atoms with Crippen LogP contribution in [0.25, 0.3) is 6.08 Å². The van der Waals surface area contributed by atoms with E-state index in [0.29, 0.717) is 23.7 Å². The predicted octanol–water partition coefficient (Wildman–Crippen LogP) is 3.57. The first-order valence-corrected chi connectivity index (χ1v) is 8.94. The molecule has 6 heteroatoms. The number of primary amides is 1. The second-order valence-electron chi connectivity index (χ2n) is 5.45. The fraction of sp³-hybridized carbons (Fsp3) is 0.200. The van der Waals surface area contributed by atoms with Crippen LogP contribution in [0.1, 0.15) is 11.1 Å². The summed E-state index contributed by atoms with van der Waals surface area (Å²) in [5, 5.41) is 8.91. The third-order valence-corrected chi connectivity index (χ3v) is 4.49. The lowest BCUT2D eigenvalue weighted by Gasteiger charge is -2.11. The van der Waals surface area contributed by atoms with Crippen LogP contribution < -0.4 is 15.2 Å². The Bertz CT molecular complexity index is 839. The second kappa shape index (κ2) is 9.54. The maximum Gasteiger partial charge on any atom is 0.259 e. The number of hydrogen-bond donors (Lipinski definition) is 1. The van der Waals surface area contributed by atoms with Gasteiger partial charge in [-0.2, -0.15) is 5.26 Å². The molecule has 26 heavy (non-hydrogen) atoms. The zero-order chi connectivity index (χ0) is 18.9. The number of rotatable bonds is 8. The van der Waals surface area contributed by atoms with Gasteiger partial charge in [0.1, 0.15) is 11.6 Å². The molecule has 0 aromatic heterocycles. The van der Waals surface area contributed by atoms with Gasteiger partial charge in [-0.05, 0) is 42.8 Å². The summed E-state index contributed by atoms with van der Waals surface area (Å²) in [5.41, 5.74) is 6.90. The Hall–Kier alpha value is -2.91. The van der Waals surface area contributed by atoms with Crippen molar-refractivity contribution in [1.82, 2.24) is 0 Å². The second-order valence-corrected chi connectivity index (χ2v) is 6.62. The van der Waals surface area contributed by atoms with Crippen molar-refractivity contribution in [2.24, 2.45) is 5.73 Å². The van der Waals surface area contributed by atoms with Crippen molar-refractivity contribution in [3.8, 4) is 17.6 Å². The molecule has 0 bridgehead atoms. The van der Waals surface area contributed by atoms with E-state index in [1.54, 1.807) is 36.0 Å². The number of methoxy groups -OCH3 is 1. The minimum Gasteiger partial charge on any atom is -0.493 e. The lowest BCUT2D eigenvalue weighted by atomic mass is 10.1. The summed E-state index contributed by atoms with van der Waals surface area (Å²) >= 11 is 1.72. The van der Waals surface area contributed by atoms with Crippen molar-refractivity contribution in [2.75, 3.05) is 19.5 Å². The normalized spacial score (nSPS) is 10.9. The smallest absolute Gasteiger partial charge is 0.259 e. The number of nitrogens with zero attached hydrogens (tertiary/aromatic N) is 1. The van der Waals surface area contributed by atoms with Crippen LogP contribution in [0.3, 0.4) is 0 Å². The van der Waals surface area contributed by atoms with Gasteiger partial charge in [-0.3, -0.25) is 4.79 Å². The molecule has 1 amide bonds. The molecular formula is C20H20N2O3S. The first-order chi connectivity index (χ1) is 12.5. The number of nitriles is 1. The Morgan fingerprint density at radius 3 is 2.58 bits per heavy atom. The van der Waals surface area contributed by atoms with Gasteiger partial charge in [-0.25, -0.2) is 0 Å². The van der Waals surface area contributed by atoms with Crippen LogP contribution in [-0.4, -0.2) is 25.4 Å². The minimum absolute atomic E-state index is 0.116. The third kappa shape index (κ3) is 5.57. The molecule has 5 nitrogen and oxygen atoms in total. The molecular weight excluding hydrogens is 348 g/mol. The quantitative estimate of drug-likeness (QED) is 0.333. The van der Waals surface area contributed by atoms with Gasteiger partial charge in [0.05, 0.1) is 13.7 Å². The fourth-order valence-corrected chi connectivity index (χ4v) is 2.89. The van der Waals surface area contributed by atoms with Crippen molar-refractivity contribution < 1.29 is 14.3 Å². The molecule has 0 atom stereocenters. The molecule has 0 radical (unpaired) electrons. The summed E-state index contributed by atoms with van der Waals surface area (Å²) < 4.78 is 11.1. The Morgan fingerprint density at radius 1 is 1.23 bits per heavy atom. The molecule has 2 rings (SSSR count). The molecule has 2 aromatic rings. The van der Waals surface area contributed by atoms with E-state index in [1.807, 2.05) is 0 Å². The van der Waals surface area contributed by atoms with Crippen LogP contribution >= 0.6 is 11.8 Å². The minimum atomic E-state index is -0.764. The molecule has 2 aromatic carbocycles. The van der Waals surface area contributed by atoms with E-state index in [0.717, 1.165) is 5.75 Å². The first kappa shape index (κ1) is 19.4. The zero-order valence-corrected chi connectivity index (χ0v) is 15.5. The maximum atomic E-state index is 11.1. The van der Waals surface area contributed by atoms with Gasteiger partial charge in [0, 0.05) is 10.6 Å². The first-order valence-electron chi connectivity index (χ1n) is 7.95. The number of benzene rings is 2. The highest BCUT2D eigenvalue weighted by Crippen LogP contribution is 2.29. The average molecular weight is 368 g/mol. The van der Waals surface area contributed by atoms with E-state index in [1.165, 1.54) is 23.6 Å². The van der Waals surface area contributed by atoms with Gasteiger partial charge >= 0.3 is 0 Å². The number of carbonyl (C=O) groups is 1. The molecule has 0 spiro atoms. The summed E-state index contributed by atoms with van der Waals surface area (Å²) in [7, 11) is 1.54. The number of carbonyl (C=O) groups excluding carboxylic acids is 1. The van der Waals surface area contributed by atoms with Crippen LogP contribution in [0, 0.1) is 18.3 Å². The lowest BCUT2D eigenvalue weighted by Crippen LogP contribution is -2.12. The van der Waals surface area contributed by atoms with E-state index in [4.69, 9.17) is 20.5 Å². The van der Waals surface area contributed by atoms with Crippen molar-refractivity contribution in [2.45, 2.75) is 11.8 Å². The van der Waals surface area contributed by atoms with E-state index in [-0.39, 0.29) is 5.57 Å². The molecule has 2 N–H and O–H groups in total. The Labute approximate surface area is 157 Å². The molecule has 0 aliphatic heterocycles. The van der Waals surface area contributed by atoms with Crippen LogP contribution in [-0.2, 0) is 4.79 Å². The molecule has 0 unspecified atom stereocenters.